The zero-order valence-electron chi connectivity index (χ0n) is 18.8. The van der Waals surface area contributed by atoms with Gasteiger partial charge in [0, 0.05) is 36.2 Å². The maximum atomic E-state index is 12.0. The van der Waals surface area contributed by atoms with Crippen LogP contribution < -0.4 is 0 Å². The summed E-state index contributed by atoms with van der Waals surface area (Å²) in [6.45, 7) is 2.20. The van der Waals surface area contributed by atoms with E-state index < -0.39 is 0 Å². The molecule has 34 heavy (non-hydrogen) atoms. The number of pyridine rings is 1. The molecule has 0 unspecified atom stereocenters. The van der Waals surface area contributed by atoms with Gasteiger partial charge in [0.2, 0.25) is 0 Å². The van der Waals surface area contributed by atoms with Crippen LogP contribution in [0.2, 0.25) is 0 Å². The van der Waals surface area contributed by atoms with Gasteiger partial charge in [-0.3, -0.25) is 9.36 Å². The quantitative estimate of drug-likeness (QED) is 0.326. The van der Waals surface area contributed by atoms with E-state index in [9.17, 15) is 4.79 Å². The number of imidazole rings is 2. The lowest BCUT2D eigenvalue weighted by molar-refractivity contribution is -0.143. The van der Waals surface area contributed by atoms with Gasteiger partial charge in [0.15, 0.2) is 0 Å². The van der Waals surface area contributed by atoms with Crippen molar-refractivity contribution in [2.75, 3.05) is 6.61 Å². The molecule has 8 nitrogen and oxygen atoms in total. The van der Waals surface area contributed by atoms with Crippen molar-refractivity contribution >= 4 is 5.97 Å². The number of esters is 1. The van der Waals surface area contributed by atoms with Crippen LogP contribution in [0, 0.1) is 0 Å². The summed E-state index contributed by atoms with van der Waals surface area (Å²) in [6.07, 6.45) is 13.5. The molecular formula is C26H24N6O2. The molecule has 0 aliphatic carbocycles. The third-order valence-electron chi connectivity index (χ3n) is 5.58. The van der Waals surface area contributed by atoms with E-state index in [1.54, 1.807) is 25.0 Å². The van der Waals surface area contributed by atoms with Gasteiger partial charge >= 0.3 is 5.97 Å². The van der Waals surface area contributed by atoms with Crippen molar-refractivity contribution in [1.82, 2.24) is 28.7 Å². The summed E-state index contributed by atoms with van der Waals surface area (Å²) >= 11 is 0. The minimum absolute atomic E-state index is 0.204. The van der Waals surface area contributed by atoms with Crippen LogP contribution in [0.5, 0.6) is 0 Å². The van der Waals surface area contributed by atoms with Crippen LogP contribution in [0.4, 0.5) is 0 Å². The molecule has 0 saturated carbocycles. The van der Waals surface area contributed by atoms with Gasteiger partial charge in [0.1, 0.15) is 5.82 Å². The Morgan fingerprint density at radius 2 is 1.59 bits per heavy atom. The lowest BCUT2D eigenvalue weighted by Gasteiger charge is -2.14. The lowest BCUT2D eigenvalue weighted by atomic mass is 10.1. The number of benzene rings is 1. The molecule has 0 bridgehead atoms. The highest BCUT2D eigenvalue weighted by atomic mass is 16.5. The number of nitrogens with zero attached hydrogens (tertiary/aromatic N) is 6. The van der Waals surface area contributed by atoms with Gasteiger partial charge in [-0.2, -0.15) is 0 Å². The number of aryl methyl sites for hydroxylation is 1. The number of aromatic nitrogens is 6. The first-order valence-electron chi connectivity index (χ1n) is 11.1. The molecule has 4 aromatic heterocycles. The highest BCUT2D eigenvalue weighted by Gasteiger charge is 2.15. The van der Waals surface area contributed by atoms with Gasteiger partial charge in [0.05, 0.1) is 43.3 Å². The highest BCUT2D eigenvalue weighted by molar-refractivity contribution is 5.70. The van der Waals surface area contributed by atoms with Crippen LogP contribution >= 0.6 is 0 Å². The van der Waals surface area contributed by atoms with Crippen molar-refractivity contribution in [3.63, 3.8) is 0 Å². The molecule has 0 fully saturated rings. The predicted octanol–water partition coefficient (Wildman–Crippen LogP) is 4.41. The van der Waals surface area contributed by atoms with Crippen LogP contribution in [-0.4, -0.2) is 41.2 Å². The van der Waals surface area contributed by atoms with E-state index in [2.05, 4.69) is 44.9 Å². The molecule has 0 aliphatic rings. The molecule has 170 valence electrons. The van der Waals surface area contributed by atoms with Crippen LogP contribution in [-0.2, 0) is 16.0 Å². The van der Waals surface area contributed by atoms with E-state index in [1.165, 1.54) is 0 Å². The SMILES string of the molecule is CCOC(=O)CCc1ccc(-c2ccc(-n3ccnc3)cc2)n1-c1ccc(-n2ccnc2)cn1. The average Bonchev–Trinajstić information content (AvgIpc) is 3.65. The molecule has 0 atom stereocenters. The minimum atomic E-state index is -0.204. The van der Waals surface area contributed by atoms with E-state index in [-0.39, 0.29) is 5.97 Å². The van der Waals surface area contributed by atoms with E-state index in [1.807, 2.05) is 52.8 Å². The Hall–Kier alpha value is -4.46. The zero-order valence-corrected chi connectivity index (χ0v) is 18.8. The Morgan fingerprint density at radius 3 is 2.21 bits per heavy atom. The van der Waals surface area contributed by atoms with Gasteiger partial charge in [-0.1, -0.05) is 12.1 Å². The number of carbonyl (C=O) groups excluding carboxylic acids is 1. The smallest absolute Gasteiger partial charge is 0.306 e. The fourth-order valence-corrected chi connectivity index (χ4v) is 3.92. The van der Waals surface area contributed by atoms with Crippen LogP contribution in [0.1, 0.15) is 19.0 Å². The number of rotatable bonds is 8. The zero-order chi connectivity index (χ0) is 23.3. The molecule has 8 heteroatoms. The molecule has 0 spiro atoms. The second-order valence-electron chi connectivity index (χ2n) is 7.71. The maximum absolute atomic E-state index is 12.0. The van der Waals surface area contributed by atoms with Gasteiger partial charge in [0.25, 0.3) is 0 Å². The normalized spacial score (nSPS) is 11.0. The summed E-state index contributed by atoms with van der Waals surface area (Å²) in [6, 6.07) is 16.4. The molecule has 0 N–H and O–H groups in total. The fraction of sp³-hybridized carbons (Fsp3) is 0.154. The number of hydrogen-bond donors (Lipinski definition) is 0. The third kappa shape index (κ3) is 4.38. The van der Waals surface area contributed by atoms with Gasteiger partial charge < -0.3 is 13.9 Å². The molecule has 0 saturated heterocycles. The summed E-state index contributed by atoms with van der Waals surface area (Å²) in [5, 5.41) is 0. The molecule has 0 aliphatic heterocycles. The maximum Gasteiger partial charge on any atom is 0.306 e. The number of carbonyl (C=O) groups is 1. The molecule has 5 aromatic rings. The first kappa shape index (κ1) is 21.4. The number of hydrogen-bond acceptors (Lipinski definition) is 5. The Kier molecular flexibility index (Phi) is 6.03. The van der Waals surface area contributed by atoms with E-state index >= 15 is 0 Å². The predicted molar refractivity (Wildman–Crippen MR) is 128 cm³/mol. The second kappa shape index (κ2) is 9.58. The second-order valence-corrected chi connectivity index (χ2v) is 7.71. The lowest BCUT2D eigenvalue weighted by Crippen LogP contribution is -2.09. The van der Waals surface area contributed by atoms with Crippen molar-refractivity contribution in [2.45, 2.75) is 19.8 Å². The van der Waals surface area contributed by atoms with Crippen LogP contribution in [0.15, 0.2) is 92.2 Å². The Bertz CT molecular complexity index is 1350. The van der Waals surface area contributed by atoms with Gasteiger partial charge in [-0.25, -0.2) is 15.0 Å². The van der Waals surface area contributed by atoms with Crippen molar-refractivity contribution < 1.29 is 9.53 Å². The summed E-state index contributed by atoms with van der Waals surface area (Å²) < 4.78 is 11.1. The standard InChI is InChI=1S/C26H24N6O2/c1-2-34-26(33)12-9-22-7-10-24(20-3-5-21(6-4-20)30-15-13-27-18-30)32(22)25-11-8-23(17-29-25)31-16-14-28-19-31/h3-8,10-11,13-19H,2,9,12H2,1H3. The fourth-order valence-electron chi connectivity index (χ4n) is 3.92. The van der Waals surface area contributed by atoms with E-state index in [0.717, 1.165) is 34.1 Å². The summed E-state index contributed by atoms with van der Waals surface area (Å²) in [5.74, 6) is 0.575. The van der Waals surface area contributed by atoms with Crippen molar-refractivity contribution in [2.24, 2.45) is 0 Å². The monoisotopic (exact) mass is 452 g/mol. The molecule has 1 aromatic carbocycles. The Morgan fingerprint density at radius 1 is 0.882 bits per heavy atom. The highest BCUT2D eigenvalue weighted by Crippen LogP contribution is 2.28. The first-order valence-corrected chi connectivity index (χ1v) is 11.1. The van der Waals surface area contributed by atoms with Gasteiger partial charge in [-0.05, 0) is 55.3 Å². The molecule has 0 amide bonds. The van der Waals surface area contributed by atoms with Crippen molar-refractivity contribution in [1.29, 1.82) is 0 Å². The molecule has 5 rings (SSSR count). The minimum Gasteiger partial charge on any atom is -0.466 e. The summed E-state index contributed by atoms with van der Waals surface area (Å²) in [4.78, 5) is 25.0. The van der Waals surface area contributed by atoms with E-state index in [4.69, 9.17) is 9.72 Å². The topological polar surface area (TPSA) is 79.8 Å². The van der Waals surface area contributed by atoms with Crippen molar-refractivity contribution in [3.8, 4) is 28.5 Å². The summed E-state index contributed by atoms with van der Waals surface area (Å²) in [7, 11) is 0. The third-order valence-corrected chi connectivity index (χ3v) is 5.58. The Labute approximate surface area is 197 Å². The number of ether oxygens (including phenoxy) is 1. The van der Waals surface area contributed by atoms with Crippen LogP contribution in [0.3, 0.4) is 0 Å². The Balaban J connectivity index is 1.51. The summed E-state index contributed by atoms with van der Waals surface area (Å²) in [5.41, 5.74) is 4.99. The van der Waals surface area contributed by atoms with E-state index in [0.29, 0.717) is 19.4 Å². The molecule has 4 heterocycles. The largest absolute Gasteiger partial charge is 0.466 e. The van der Waals surface area contributed by atoms with Gasteiger partial charge in [-0.15, -0.1) is 0 Å². The first-order chi connectivity index (χ1) is 16.7. The molecule has 0 radical (unpaired) electrons. The van der Waals surface area contributed by atoms with Crippen molar-refractivity contribution in [3.05, 3.63) is 97.9 Å². The van der Waals surface area contributed by atoms with Crippen LogP contribution in [0.25, 0.3) is 28.5 Å². The molecular weight excluding hydrogens is 428 g/mol. The average molecular weight is 453 g/mol.